The van der Waals surface area contributed by atoms with Crippen molar-refractivity contribution in [3.05, 3.63) is 67.7 Å². The van der Waals surface area contributed by atoms with Gasteiger partial charge in [0, 0.05) is 41.4 Å². The van der Waals surface area contributed by atoms with Crippen LogP contribution in [0.4, 0.5) is 5.69 Å². The fourth-order valence-corrected chi connectivity index (χ4v) is 5.42. The summed E-state index contributed by atoms with van der Waals surface area (Å²) >= 11 is 3.51. The van der Waals surface area contributed by atoms with Crippen LogP contribution < -0.4 is 10.5 Å². The van der Waals surface area contributed by atoms with Crippen LogP contribution in [-0.4, -0.2) is 45.2 Å². The summed E-state index contributed by atoms with van der Waals surface area (Å²) in [7, 11) is 0. The number of nitrogens with one attached hydrogen (secondary N) is 1. The number of nitrogens with zero attached hydrogens (tertiary/aromatic N) is 4. The highest BCUT2D eigenvalue weighted by atomic mass is 79.9. The van der Waals surface area contributed by atoms with E-state index in [0.717, 1.165) is 51.9 Å². The smallest absolute Gasteiger partial charge is 0.294 e. The van der Waals surface area contributed by atoms with Crippen molar-refractivity contribution in [3.63, 3.8) is 0 Å². The normalized spacial score (nSPS) is 16.6. The van der Waals surface area contributed by atoms with Gasteiger partial charge in [-0.05, 0) is 67.6 Å². The zero-order valence-electron chi connectivity index (χ0n) is 18.1. The summed E-state index contributed by atoms with van der Waals surface area (Å²) in [5, 5.41) is 8.55. The number of ether oxygens (including phenoxy) is 1. The first-order valence-electron chi connectivity index (χ1n) is 11.1. The maximum Gasteiger partial charge on any atom is 0.294 e. The number of fused-ring (bicyclic) bond motifs is 4. The number of benzene rings is 2. The van der Waals surface area contributed by atoms with Gasteiger partial charge in [0.2, 0.25) is 5.65 Å². The topological polar surface area (TPSA) is 92.6 Å². The SMILES string of the molecule is Cc1cc2c(cc1C(=O)N1CCc3cc(Br)ccc31)[nH]c(=O)c1nnc(C3CCOCC3)n12. The summed E-state index contributed by atoms with van der Waals surface area (Å²) in [5.41, 5.74) is 4.88. The predicted molar refractivity (Wildman–Crippen MR) is 128 cm³/mol. The number of halogens is 1. The van der Waals surface area contributed by atoms with Crippen LogP contribution in [-0.2, 0) is 11.2 Å². The molecule has 168 valence electrons. The molecule has 8 nitrogen and oxygen atoms in total. The Balaban J connectivity index is 1.48. The zero-order chi connectivity index (χ0) is 22.7. The number of aromatic amines is 1. The average molecular weight is 508 g/mol. The van der Waals surface area contributed by atoms with Crippen molar-refractivity contribution in [1.82, 2.24) is 19.6 Å². The van der Waals surface area contributed by atoms with E-state index < -0.39 is 0 Å². The Hall–Kier alpha value is -3.04. The number of carbonyl (C=O) groups excluding carboxylic acids is 1. The lowest BCUT2D eigenvalue weighted by Crippen LogP contribution is -2.29. The van der Waals surface area contributed by atoms with E-state index in [9.17, 15) is 9.59 Å². The van der Waals surface area contributed by atoms with Gasteiger partial charge in [0.25, 0.3) is 11.5 Å². The first-order valence-corrected chi connectivity index (χ1v) is 11.9. The molecule has 1 amide bonds. The van der Waals surface area contributed by atoms with Crippen LogP contribution in [0.1, 0.15) is 46.1 Å². The molecule has 0 saturated carbocycles. The van der Waals surface area contributed by atoms with Crippen molar-refractivity contribution in [2.45, 2.75) is 32.1 Å². The van der Waals surface area contributed by atoms with E-state index in [1.54, 1.807) is 6.07 Å². The molecule has 0 atom stereocenters. The number of rotatable bonds is 2. The minimum Gasteiger partial charge on any atom is -0.381 e. The second-order valence-corrected chi connectivity index (χ2v) is 9.64. The zero-order valence-corrected chi connectivity index (χ0v) is 19.7. The van der Waals surface area contributed by atoms with E-state index in [1.807, 2.05) is 34.4 Å². The number of amides is 1. The molecule has 1 N–H and O–H groups in total. The monoisotopic (exact) mass is 507 g/mol. The average Bonchev–Trinajstić information content (AvgIpc) is 3.44. The summed E-state index contributed by atoms with van der Waals surface area (Å²) in [6.45, 7) is 3.91. The Morgan fingerprint density at radius 3 is 2.82 bits per heavy atom. The van der Waals surface area contributed by atoms with Crippen LogP contribution in [0.2, 0.25) is 0 Å². The molecule has 0 spiro atoms. The van der Waals surface area contributed by atoms with Gasteiger partial charge in [-0.3, -0.25) is 14.0 Å². The van der Waals surface area contributed by atoms with E-state index in [0.29, 0.717) is 30.8 Å². The standard InChI is InChI=1S/C24H22BrN5O3/c1-13-10-20-18(12-17(13)24(32)29-7-4-15-11-16(25)2-3-19(15)29)26-23(31)22-28-27-21(30(20)22)14-5-8-33-9-6-14/h2-3,10-12,14H,4-9H2,1H3,(H,26,31). The molecule has 2 aromatic heterocycles. The molecule has 6 rings (SSSR count). The Bertz CT molecular complexity index is 1490. The van der Waals surface area contributed by atoms with Gasteiger partial charge in [-0.1, -0.05) is 15.9 Å². The Morgan fingerprint density at radius 1 is 1.18 bits per heavy atom. The maximum absolute atomic E-state index is 13.5. The third-order valence-electron chi connectivity index (χ3n) is 6.72. The molecule has 0 aliphatic carbocycles. The van der Waals surface area contributed by atoms with E-state index in [-0.39, 0.29) is 23.0 Å². The van der Waals surface area contributed by atoms with Gasteiger partial charge >= 0.3 is 0 Å². The van der Waals surface area contributed by atoms with E-state index in [1.165, 1.54) is 0 Å². The fourth-order valence-electron chi connectivity index (χ4n) is 5.01. The number of hydrogen-bond acceptors (Lipinski definition) is 5. The van der Waals surface area contributed by atoms with Crippen LogP contribution in [0.15, 0.2) is 39.6 Å². The summed E-state index contributed by atoms with van der Waals surface area (Å²) in [5.74, 6) is 0.896. The van der Waals surface area contributed by atoms with Crippen LogP contribution in [0.5, 0.6) is 0 Å². The van der Waals surface area contributed by atoms with Crippen molar-refractivity contribution in [2.24, 2.45) is 0 Å². The van der Waals surface area contributed by atoms with Crippen LogP contribution in [0, 0.1) is 6.92 Å². The van der Waals surface area contributed by atoms with Gasteiger partial charge in [0.05, 0.1) is 11.0 Å². The van der Waals surface area contributed by atoms with Gasteiger partial charge in [-0.2, -0.15) is 0 Å². The highest BCUT2D eigenvalue weighted by Crippen LogP contribution is 2.33. The number of aromatic nitrogens is 4. The highest BCUT2D eigenvalue weighted by Gasteiger charge is 2.28. The van der Waals surface area contributed by atoms with E-state index in [2.05, 4.69) is 37.2 Å². The highest BCUT2D eigenvalue weighted by molar-refractivity contribution is 9.10. The number of anilines is 1. The second-order valence-electron chi connectivity index (χ2n) is 8.72. The lowest BCUT2D eigenvalue weighted by molar-refractivity contribution is 0.0834. The van der Waals surface area contributed by atoms with Gasteiger partial charge < -0.3 is 14.6 Å². The van der Waals surface area contributed by atoms with Crippen LogP contribution >= 0.6 is 15.9 Å². The van der Waals surface area contributed by atoms with Gasteiger partial charge in [-0.15, -0.1) is 10.2 Å². The van der Waals surface area contributed by atoms with Gasteiger partial charge in [0.1, 0.15) is 5.82 Å². The van der Waals surface area contributed by atoms with E-state index >= 15 is 0 Å². The minimum atomic E-state index is -0.313. The summed E-state index contributed by atoms with van der Waals surface area (Å²) in [6, 6.07) is 9.74. The summed E-state index contributed by atoms with van der Waals surface area (Å²) in [6.07, 6.45) is 2.50. The maximum atomic E-state index is 13.5. The predicted octanol–water partition coefficient (Wildman–Crippen LogP) is 3.74. The van der Waals surface area contributed by atoms with E-state index in [4.69, 9.17) is 4.74 Å². The summed E-state index contributed by atoms with van der Waals surface area (Å²) in [4.78, 5) is 31.1. The number of hydrogen-bond donors (Lipinski definition) is 1. The lowest BCUT2D eigenvalue weighted by Gasteiger charge is -2.21. The first kappa shape index (κ1) is 20.6. The quantitative estimate of drug-likeness (QED) is 0.446. The number of aryl methyl sites for hydroxylation is 1. The molecule has 4 aromatic rings. The third-order valence-corrected chi connectivity index (χ3v) is 7.22. The van der Waals surface area contributed by atoms with Gasteiger partial charge in [0.15, 0.2) is 0 Å². The first-order chi connectivity index (χ1) is 16.0. The van der Waals surface area contributed by atoms with Gasteiger partial charge in [-0.25, -0.2) is 0 Å². The van der Waals surface area contributed by atoms with Crippen molar-refractivity contribution in [1.29, 1.82) is 0 Å². The van der Waals surface area contributed by atoms with Crippen molar-refractivity contribution in [2.75, 3.05) is 24.7 Å². The molecular weight excluding hydrogens is 486 g/mol. The van der Waals surface area contributed by atoms with Crippen molar-refractivity contribution < 1.29 is 9.53 Å². The number of carbonyl (C=O) groups is 1. The van der Waals surface area contributed by atoms with Crippen molar-refractivity contribution >= 4 is 44.2 Å². The molecule has 9 heteroatoms. The number of H-pyrrole nitrogens is 1. The molecule has 4 heterocycles. The molecule has 0 unspecified atom stereocenters. The minimum absolute atomic E-state index is 0.0650. The summed E-state index contributed by atoms with van der Waals surface area (Å²) < 4.78 is 8.36. The fraction of sp³-hybridized carbons (Fsp3) is 0.333. The molecule has 2 aromatic carbocycles. The molecule has 0 bridgehead atoms. The molecule has 0 radical (unpaired) electrons. The Kier molecular flexibility index (Phi) is 4.84. The molecule has 2 aliphatic rings. The molecule has 33 heavy (non-hydrogen) atoms. The second kappa shape index (κ2) is 7.78. The third kappa shape index (κ3) is 3.29. The lowest BCUT2D eigenvalue weighted by atomic mass is 9.99. The van der Waals surface area contributed by atoms with Crippen LogP contribution in [0.25, 0.3) is 16.7 Å². The molecule has 1 saturated heterocycles. The largest absolute Gasteiger partial charge is 0.381 e. The Labute approximate surface area is 197 Å². The molecule has 1 fully saturated rings. The molecular formula is C24H22BrN5O3. The van der Waals surface area contributed by atoms with Crippen molar-refractivity contribution in [3.8, 4) is 0 Å². The molecule has 2 aliphatic heterocycles. The Morgan fingerprint density at radius 2 is 2.00 bits per heavy atom. The van der Waals surface area contributed by atoms with Crippen LogP contribution in [0.3, 0.4) is 0 Å².